The van der Waals surface area contributed by atoms with E-state index >= 15 is 0 Å². The predicted molar refractivity (Wildman–Crippen MR) is 143 cm³/mol. The number of nitrogens with zero attached hydrogens (tertiary/aromatic N) is 1. The number of hydrogen-bond acceptors (Lipinski definition) is 6. The molecule has 0 spiro atoms. The predicted octanol–water partition coefficient (Wildman–Crippen LogP) is 3.69. The van der Waals surface area contributed by atoms with Crippen molar-refractivity contribution in [1.29, 1.82) is 0 Å². The van der Waals surface area contributed by atoms with Gasteiger partial charge in [-0.1, -0.05) is 37.3 Å². The number of ether oxygens (including phenoxy) is 3. The molecule has 0 aliphatic heterocycles. The Bertz CT molecular complexity index is 1130. The molecule has 7 heteroatoms. The highest BCUT2D eigenvalue weighted by atomic mass is 16.5. The number of hydrogen-bond donors (Lipinski definition) is 2. The van der Waals surface area contributed by atoms with Crippen LogP contribution >= 0.6 is 0 Å². The Balaban J connectivity index is 2.15. The number of benzene rings is 3. The second-order valence-electron chi connectivity index (χ2n) is 8.48. The van der Waals surface area contributed by atoms with Crippen molar-refractivity contribution >= 4 is 23.7 Å². The van der Waals surface area contributed by atoms with Crippen molar-refractivity contribution in [2.24, 2.45) is 0 Å². The first-order valence-corrected chi connectivity index (χ1v) is 11.7. The molecule has 3 aromatic rings. The topological polar surface area (TPSA) is 71.4 Å². The molecule has 0 saturated carbocycles. The fourth-order valence-electron chi connectivity index (χ4n) is 3.93. The average Bonchev–Trinajstić information content (AvgIpc) is 2.87. The van der Waals surface area contributed by atoms with Gasteiger partial charge in [0.15, 0.2) is 0 Å². The van der Waals surface area contributed by atoms with Crippen LogP contribution in [0.15, 0.2) is 66.7 Å². The van der Waals surface area contributed by atoms with Gasteiger partial charge in [0.1, 0.15) is 23.9 Å². The zero-order valence-electron chi connectivity index (χ0n) is 21.1. The van der Waals surface area contributed by atoms with E-state index in [0.29, 0.717) is 17.8 Å². The molecule has 0 radical (unpaired) electrons. The third kappa shape index (κ3) is 6.88. The van der Waals surface area contributed by atoms with Crippen LogP contribution in [0.25, 0.3) is 11.1 Å². The third-order valence-electron chi connectivity index (χ3n) is 5.80. The zero-order chi connectivity index (χ0) is 25.4. The summed E-state index contributed by atoms with van der Waals surface area (Å²) in [6.07, 6.45) is 0.761. The number of allylic oxidation sites excluding steroid dienone is 1. The Morgan fingerprint density at radius 1 is 0.771 bits per heavy atom. The summed E-state index contributed by atoms with van der Waals surface area (Å²) in [5.74, 6) is 2.14. The van der Waals surface area contributed by atoms with Gasteiger partial charge in [0, 0.05) is 6.54 Å². The molecule has 0 atom stereocenters. The van der Waals surface area contributed by atoms with E-state index in [-0.39, 0.29) is 0 Å². The second-order valence-corrected chi connectivity index (χ2v) is 8.48. The number of likely N-dealkylation sites (N-methyl/N-ethyl adjacent to an activating group) is 1. The maximum atomic E-state index is 9.90. The van der Waals surface area contributed by atoms with Crippen molar-refractivity contribution in [3.8, 4) is 17.2 Å². The summed E-state index contributed by atoms with van der Waals surface area (Å²) in [4.78, 5) is 2.08. The molecule has 0 aromatic heterocycles. The minimum Gasteiger partial charge on any atom is -0.497 e. The Morgan fingerprint density at radius 2 is 1.37 bits per heavy atom. The lowest BCUT2D eigenvalue weighted by molar-refractivity contribution is 0.261. The third-order valence-corrected chi connectivity index (χ3v) is 5.80. The summed E-state index contributed by atoms with van der Waals surface area (Å²) in [6.45, 7) is 3.55. The van der Waals surface area contributed by atoms with Crippen LogP contribution in [0.3, 0.4) is 0 Å². The smallest absolute Gasteiger partial charge is 0.488 e. The Morgan fingerprint density at radius 3 is 1.91 bits per heavy atom. The lowest BCUT2D eigenvalue weighted by atomic mass is 9.77. The molecule has 3 aromatic carbocycles. The maximum Gasteiger partial charge on any atom is 0.488 e. The monoisotopic (exact) mass is 475 g/mol. The molecule has 3 rings (SSSR count). The van der Waals surface area contributed by atoms with Gasteiger partial charge in [-0.25, -0.2) is 0 Å². The largest absolute Gasteiger partial charge is 0.497 e. The van der Waals surface area contributed by atoms with Gasteiger partial charge in [0.2, 0.25) is 0 Å². The zero-order valence-corrected chi connectivity index (χ0v) is 21.1. The minimum atomic E-state index is -1.61. The van der Waals surface area contributed by atoms with E-state index in [9.17, 15) is 10.0 Å². The summed E-state index contributed by atoms with van der Waals surface area (Å²) in [5, 5.41) is 19.8. The van der Waals surface area contributed by atoms with Gasteiger partial charge >= 0.3 is 7.12 Å². The Hall–Kier alpha value is -3.26. The highest BCUT2D eigenvalue weighted by molar-refractivity contribution is 6.58. The van der Waals surface area contributed by atoms with Gasteiger partial charge in [-0.2, -0.15) is 0 Å². The highest BCUT2D eigenvalue weighted by Gasteiger charge is 2.19. The van der Waals surface area contributed by atoms with E-state index in [4.69, 9.17) is 14.2 Å². The van der Waals surface area contributed by atoms with Crippen LogP contribution in [0.5, 0.6) is 17.2 Å². The molecule has 0 heterocycles. The van der Waals surface area contributed by atoms with E-state index in [1.165, 1.54) is 0 Å². The van der Waals surface area contributed by atoms with Crippen LogP contribution in [0.2, 0.25) is 0 Å². The summed E-state index contributed by atoms with van der Waals surface area (Å²) >= 11 is 0. The lowest BCUT2D eigenvalue weighted by Gasteiger charge is -2.19. The van der Waals surface area contributed by atoms with E-state index in [0.717, 1.165) is 52.3 Å². The van der Waals surface area contributed by atoms with Crippen LogP contribution in [0.4, 0.5) is 0 Å². The van der Waals surface area contributed by atoms with Crippen LogP contribution in [0.1, 0.15) is 30.0 Å². The minimum absolute atomic E-state index is 0.366. The van der Waals surface area contributed by atoms with Crippen LogP contribution < -0.4 is 19.7 Å². The molecule has 0 fully saturated rings. The molecule has 0 bridgehead atoms. The van der Waals surface area contributed by atoms with E-state index < -0.39 is 7.12 Å². The molecule has 0 amide bonds. The van der Waals surface area contributed by atoms with Crippen molar-refractivity contribution < 1.29 is 24.3 Å². The SMILES string of the molecule is CC/C(=C(/c1ccc(OCCN(C)C)cc1)c1cc(OC)cc(B(O)O)c1)c1ccc(OC)cc1. The molecule has 0 unspecified atom stereocenters. The fraction of sp³-hybridized carbons (Fsp3) is 0.286. The first-order valence-electron chi connectivity index (χ1n) is 11.7. The van der Waals surface area contributed by atoms with E-state index in [1.807, 2.05) is 68.7 Å². The maximum absolute atomic E-state index is 9.90. The first kappa shape index (κ1) is 26.4. The van der Waals surface area contributed by atoms with Crippen molar-refractivity contribution in [1.82, 2.24) is 4.90 Å². The molecule has 0 aliphatic rings. The molecule has 0 saturated heterocycles. The molecule has 2 N–H and O–H groups in total. The van der Waals surface area contributed by atoms with E-state index in [1.54, 1.807) is 26.4 Å². The average molecular weight is 475 g/mol. The van der Waals surface area contributed by atoms with Gasteiger partial charge in [-0.05, 0) is 90.2 Å². The van der Waals surface area contributed by atoms with Crippen molar-refractivity contribution in [3.05, 3.63) is 83.4 Å². The van der Waals surface area contributed by atoms with Crippen molar-refractivity contribution in [2.45, 2.75) is 13.3 Å². The van der Waals surface area contributed by atoms with Gasteiger partial charge < -0.3 is 29.2 Å². The summed E-state index contributed by atoms with van der Waals surface area (Å²) in [6, 6.07) is 21.3. The first-order chi connectivity index (χ1) is 16.9. The van der Waals surface area contributed by atoms with Gasteiger partial charge in [-0.3, -0.25) is 0 Å². The number of methoxy groups -OCH3 is 2. The molecule has 0 aliphatic carbocycles. The molecule has 35 heavy (non-hydrogen) atoms. The summed E-state index contributed by atoms with van der Waals surface area (Å²) < 4.78 is 16.7. The lowest BCUT2D eigenvalue weighted by Crippen LogP contribution is -2.30. The highest BCUT2D eigenvalue weighted by Crippen LogP contribution is 2.36. The van der Waals surface area contributed by atoms with Crippen LogP contribution in [-0.4, -0.2) is 63.5 Å². The van der Waals surface area contributed by atoms with Gasteiger partial charge in [0.05, 0.1) is 14.2 Å². The van der Waals surface area contributed by atoms with Crippen molar-refractivity contribution in [3.63, 3.8) is 0 Å². The van der Waals surface area contributed by atoms with E-state index in [2.05, 4.69) is 11.8 Å². The summed E-state index contributed by atoms with van der Waals surface area (Å²) in [7, 11) is 5.64. The Kier molecular flexibility index (Phi) is 9.37. The molecular weight excluding hydrogens is 441 g/mol. The summed E-state index contributed by atoms with van der Waals surface area (Å²) in [5.41, 5.74) is 5.35. The quantitative estimate of drug-likeness (QED) is 0.326. The standard InChI is InChI=1S/C28H34BNO5/c1-6-27(20-7-11-24(33-4)12-8-20)28(22-17-23(29(31)32)19-26(18-22)34-5)21-9-13-25(14-10-21)35-16-15-30(2)3/h7-14,17-19,31-32H,6,15-16H2,1-5H3/b28-27+. The molecule has 184 valence electrons. The molecular formula is C28H34BNO5. The Labute approximate surface area is 208 Å². The van der Waals surface area contributed by atoms with Gasteiger partial charge in [-0.15, -0.1) is 0 Å². The fourth-order valence-corrected chi connectivity index (χ4v) is 3.93. The number of rotatable bonds is 11. The molecule has 6 nitrogen and oxygen atoms in total. The van der Waals surface area contributed by atoms with Crippen LogP contribution in [0, 0.1) is 0 Å². The second kappa shape index (κ2) is 12.4. The van der Waals surface area contributed by atoms with Crippen LogP contribution in [-0.2, 0) is 0 Å². The normalized spacial score (nSPS) is 11.8. The van der Waals surface area contributed by atoms with Crippen molar-refractivity contribution in [2.75, 3.05) is 41.5 Å². The van der Waals surface area contributed by atoms with Gasteiger partial charge in [0.25, 0.3) is 0 Å².